The normalized spacial score (nSPS) is 19.2. The van der Waals surface area contributed by atoms with Crippen molar-refractivity contribution in [3.05, 3.63) is 82.0 Å². The Balaban J connectivity index is 1.37. The summed E-state index contributed by atoms with van der Waals surface area (Å²) in [6.45, 7) is 0. The van der Waals surface area contributed by atoms with Crippen LogP contribution in [0.2, 0.25) is 10.0 Å². The minimum absolute atomic E-state index is 0.0695. The Morgan fingerprint density at radius 3 is 2.56 bits per heavy atom. The number of hydrogen-bond donors (Lipinski definition) is 0. The predicted octanol–water partition coefficient (Wildman–Crippen LogP) is 5.27. The van der Waals surface area contributed by atoms with Gasteiger partial charge in [-0.2, -0.15) is 5.10 Å². The van der Waals surface area contributed by atoms with Crippen molar-refractivity contribution in [2.24, 2.45) is 7.05 Å². The number of rotatable bonds is 3. The standard InChI is InChI=1S/C25H22Cl2N6O/c1-31-23(15-10-16(26)12-17(27)11-15)20-13-19-8-5-9-21(22(20)29-31)33(19)25(34)24-28-14-32(30-24)18-6-3-2-4-7-18/h2-4,6-7,10-12,14,19,21H,5,8-9,13H2,1H3/t19-,21+/m0/s1. The molecule has 6 rings (SSSR count). The van der Waals surface area contributed by atoms with Crippen molar-refractivity contribution in [2.45, 2.75) is 37.8 Å². The predicted molar refractivity (Wildman–Crippen MR) is 130 cm³/mol. The number of nitrogens with zero attached hydrogens (tertiary/aromatic N) is 6. The van der Waals surface area contributed by atoms with Crippen molar-refractivity contribution in [3.8, 4) is 16.9 Å². The number of fused-ring (bicyclic) bond motifs is 4. The lowest BCUT2D eigenvalue weighted by Gasteiger charge is -2.44. The fourth-order valence-corrected chi connectivity index (χ4v) is 5.91. The second-order valence-electron chi connectivity index (χ2n) is 8.86. The van der Waals surface area contributed by atoms with E-state index in [4.69, 9.17) is 28.3 Å². The molecule has 0 aliphatic carbocycles. The van der Waals surface area contributed by atoms with Crippen molar-refractivity contribution in [3.63, 3.8) is 0 Å². The van der Waals surface area contributed by atoms with Gasteiger partial charge in [0.25, 0.3) is 5.91 Å². The van der Waals surface area contributed by atoms with E-state index in [9.17, 15) is 4.79 Å². The third-order valence-corrected chi connectivity index (χ3v) is 7.19. The van der Waals surface area contributed by atoms with Crippen LogP contribution in [-0.2, 0) is 13.5 Å². The molecule has 0 spiro atoms. The van der Waals surface area contributed by atoms with Crippen LogP contribution in [0.25, 0.3) is 16.9 Å². The van der Waals surface area contributed by atoms with Crippen molar-refractivity contribution in [2.75, 3.05) is 0 Å². The molecule has 0 saturated carbocycles. The molecule has 1 saturated heterocycles. The quantitative estimate of drug-likeness (QED) is 0.390. The van der Waals surface area contributed by atoms with Gasteiger partial charge in [-0.3, -0.25) is 9.48 Å². The lowest BCUT2D eigenvalue weighted by Crippen LogP contribution is -2.50. The fraction of sp³-hybridized carbons (Fsp3) is 0.280. The summed E-state index contributed by atoms with van der Waals surface area (Å²) in [5.41, 5.74) is 4.93. The van der Waals surface area contributed by atoms with Gasteiger partial charge in [-0.25, -0.2) is 9.67 Å². The van der Waals surface area contributed by atoms with Crippen LogP contribution in [0.4, 0.5) is 0 Å². The van der Waals surface area contributed by atoms with E-state index >= 15 is 0 Å². The molecule has 172 valence electrons. The molecule has 2 aliphatic rings. The molecule has 0 radical (unpaired) electrons. The summed E-state index contributed by atoms with van der Waals surface area (Å²) < 4.78 is 3.53. The molecule has 1 fully saturated rings. The fourth-order valence-electron chi connectivity index (χ4n) is 5.38. The molecule has 2 bridgehead atoms. The maximum Gasteiger partial charge on any atom is 0.294 e. The number of carbonyl (C=O) groups is 1. The molecular formula is C25H22Cl2N6O. The molecular weight excluding hydrogens is 471 g/mol. The molecule has 0 unspecified atom stereocenters. The molecule has 2 aromatic heterocycles. The average Bonchev–Trinajstić information content (AvgIpc) is 3.43. The average molecular weight is 493 g/mol. The first-order valence-electron chi connectivity index (χ1n) is 11.3. The highest BCUT2D eigenvalue weighted by Crippen LogP contribution is 2.45. The van der Waals surface area contributed by atoms with Crippen LogP contribution in [0.1, 0.15) is 47.2 Å². The third kappa shape index (κ3) is 3.51. The zero-order chi connectivity index (χ0) is 23.4. The Morgan fingerprint density at radius 1 is 1.03 bits per heavy atom. The molecule has 9 heteroatoms. The molecule has 0 N–H and O–H groups in total. The summed E-state index contributed by atoms with van der Waals surface area (Å²) in [4.78, 5) is 19.9. The van der Waals surface area contributed by atoms with Crippen molar-refractivity contribution in [1.29, 1.82) is 0 Å². The monoisotopic (exact) mass is 492 g/mol. The number of carbonyl (C=O) groups excluding carboxylic acids is 1. The van der Waals surface area contributed by atoms with Gasteiger partial charge < -0.3 is 4.90 Å². The Morgan fingerprint density at radius 2 is 1.79 bits per heavy atom. The minimum Gasteiger partial charge on any atom is -0.324 e. The van der Waals surface area contributed by atoms with E-state index in [2.05, 4.69) is 10.1 Å². The Bertz CT molecular complexity index is 1380. The van der Waals surface area contributed by atoms with Gasteiger partial charge >= 0.3 is 0 Å². The molecule has 34 heavy (non-hydrogen) atoms. The zero-order valence-corrected chi connectivity index (χ0v) is 20.0. The molecule has 4 heterocycles. The van der Waals surface area contributed by atoms with Gasteiger partial charge in [0.2, 0.25) is 5.82 Å². The van der Waals surface area contributed by atoms with Crippen LogP contribution >= 0.6 is 23.2 Å². The summed E-state index contributed by atoms with van der Waals surface area (Å²) in [6.07, 6.45) is 5.17. The number of halogens is 2. The van der Waals surface area contributed by atoms with Crippen LogP contribution in [-0.4, -0.2) is 41.4 Å². The van der Waals surface area contributed by atoms with E-state index in [1.807, 2.05) is 59.1 Å². The molecule has 1 amide bonds. The minimum atomic E-state index is -0.145. The Hall–Kier alpha value is -3.16. The van der Waals surface area contributed by atoms with Gasteiger partial charge in [-0.1, -0.05) is 41.4 Å². The number of para-hydroxylation sites is 1. The van der Waals surface area contributed by atoms with Gasteiger partial charge in [0, 0.05) is 34.3 Å². The SMILES string of the molecule is Cn1nc2c(c1-c1cc(Cl)cc(Cl)c1)C[C@@H]1CCC[C@H]2N1C(=O)c1ncn(-c2ccccc2)n1. The van der Waals surface area contributed by atoms with E-state index in [0.29, 0.717) is 10.0 Å². The smallest absolute Gasteiger partial charge is 0.294 e. The van der Waals surface area contributed by atoms with Gasteiger partial charge in [0.15, 0.2) is 0 Å². The molecule has 2 atom stereocenters. The molecule has 4 aromatic rings. The van der Waals surface area contributed by atoms with Crippen molar-refractivity contribution >= 4 is 29.1 Å². The maximum atomic E-state index is 13.6. The first kappa shape index (κ1) is 21.4. The number of benzene rings is 2. The van der Waals surface area contributed by atoms with Crippen molar-refractivity contribution < 1.29 is 4.79 Å². The van der Waals surface area contributed by atoms with Crippen LogP contribution in [0, 0.1) is 0 Å². The second kappa shape index (κ2) is 8.25. The van der Waals surface area contributed by atoms with Crippen LogP contribution in [0.3, 0.4) is 0 Å². The number of amides is 1. The van der Waals surface area contributed by atoms with E-state index < -0.39 is 0 Å². The Labute approximate surface area is 206 Å². The van der Waals surface area contributed by atoms with Gasteiger partial charge in [-0.05, 0) is 56.0 Å². The zero-order valence-electron chi connectivity index (χ0n) is 18.5. The van der Waals surface area contributed by atoms with Crippen LogP contribution < -0.4 is 0 Å². The highest BCUT2D eigenvalue weighted by molar-refractivity contribution is 6.35. The molecule has 7 nitrogen and oxygen atoms in total. The van der Waals surface area contributed by atoms with E-state index in [1.165, 1.54) is 5.56 Å². The lowest BCUT2D eigenvalue weighted by molar-refractivity contribution is 0.0379. The van der Waals surface area contributed by atoms with E-state index in [1.54, 1.807) is 17.1 Å². The number of piperidine rings is 1. The summed E-state index contributed by atoms with van der Waals surface area (Å²) in [7, 11) is 1.93. The molecule has 2 aliphatic heterocycles. The van der Waals surface area contributed by atoms with Gasteiger partial charge in [-0.15, -0.1) is 5.10 Å². The Kier molecular flexibility index (Phi) is 5.19. The topological polar surface area (TPSA) is 68.8 Å². The first-order chi connectivity index (χ1) is 16.5. The van der Waals surface area contributed by atoms with Gasteiger partial charge in [0.1, 0.15) is 6.33 Å². The summed E-state index contributed by atoms with van der Waals surface area (Å²) in [5.74, 6) is 0.0648. The maximum absolute atomic E-state index is 13.6. The summed E-state index contributed by atoms with van der Waals surface area (Å²) in [5, 5.41) is 10.5. The summed E-state index contributed by atoms with van der Waals surface area (Å²) >= 11 is 12.6. The number of aryl methyl sites for hydroxylation is 1. The number of aromatic nitrogens is 5. The third-order valence-electron chi connectivity index (χ3n) is 6.75. The van der Waals surface area contributed by atoms with Crippen molar-refractivity contribution in [1.82, 2.24) is 29.4 Å². The highest BCUT2D eigenvalue weighted by atomic mass is 35.5. The van der Waals surface area contributed by atoms with Gasteiger partial charge in [0.05, 0.1) is 23.1 Å². The largest absolute Gasteiger partial charge is 0.324 e. The van der Waals surface area contributed by atoms with Crippen LogP contribution in [0.5, 0.6) is 0 Å². The number of hydrogen-bond acceptors (Lipinski definition) is 4. The second-order valence-corrected chi connectivity index (χ2v) is 9.73. The van der Waals surface area contributed by atoms with E-state index in [0.717, 1.165) is 48.3 Å². The summed E-state index contributed by atoms with van der Waals surface area (Å²) in [6, 6.07) is 15.2. The lowest BCUT2D eigenvalue weighted by atomic mass is 9.81. The van der Waals surface area contributed by atoms with Crippen LogP contribution in [0.15, 0.2) is 54.9 Å². The first-order valence-corrected chi connectivity index (χ1v) is 12.1. The highest BCUT2D eigenvalue weighted by Gasteiger charge is 2.44. The molecule has 2 aromatic carbocycles. The van der Waals surface area contributed by atoms with E-state index in [-0.39, 0.29) is 23.8 Å².